The molecule has 166 valence electrons. The van der Waals surface area contributed by atoms with Gasteiger partial charge in [-0.15, -0.1) is 0 Å². The normalized spacial score (nSPS) is 21.1. The Morgan fingerprint density at radius 2 is 1.63 bits per heavy atom. The van der Waals surface area contributed by atoms with Crippen molar-refractivity contribution in [3.8, 4) is 0 Å². The number of anilines is 1. The number of amides is 1. The van der Waals surface area contributed by atoms with E-state index in [4.69, 9.17) is 0 Å². The Kier molecular flexibility index (Phi) is 6.23. The molecule has 0 radical (unpaired) electrons. The molecule has 2 aliphatic heterocycles. The summed E-state index contributed by atoms with van der Waals surface area (Å²) in [6, 6.07) is 4.95. The third kappa shape index (κ3) is 4.29. The first kappa shape index (κ1) is 21.8. The van der Waals surface area contributed by atoms with E-state index in [1.807, 2.05) is 0 Å². The van der Waals surface area contributed by atoms with Gasteiger partial charge in [0.1, 0.15) is 0 Å². The first-order valence-electron chi connectivity index (χ1n) is 10.9. The zero-order valence-corrected chi connectivity index (χ0v) is 18.9. The van der Waals surface area contributed by atoms with Crippen LogP contribution in [0.15, 0.2) is 23.1 Å². The smallest absolute Gasteiger partial charge is 0.243 e. The van der Waals surface area contributed by atoms with E-state index in [-0.39, 0.29) is 28.2 Å². The zero-order chi connectivity index (χ0) is 21.4. The van der Waals surface area contributed by atoms with Crippen LogP contribution in [0.2, 0.25) is 0 Å². The van der Waals surface area contributed by atoms with Gasteiger partial charge in [0.2, 0.25) is 15.9 Å². The number of hydrogen-bond acceptors (Lipinski definition) is 5. The molecule has 9 heteroatoms. The summed E-state index contributed by atoms with van der Waals surface area (Å²) in [5.74, 6) is -0.314. The van der Waals surface area contributed by atoms with Gasteiger partial charge in [-0.05, 0) is 55.9 Å². The second kappa shape index (κ2) is 8.59. The number of sulfone groups is 1. The van der Waals surface area contributed by atoms with Gasteiger partial charge >= 0.3 is 0 Å². The van der Waals surface area contributed by atoms with Crippen LogP contribution in [-0.2, 0) is 31.1 Å². The summed E-state index contributed by atoms with van der Waals surface area (Å²) in [5.41, 5.74) is 1.54. The van der Waals surface area contributed by atoms with Crippen LogP contribution in [0, 0.1) is 0 Å². The molecule has 2 fully saturated rings. The van der Waals surface area contributed by atoms with E-state index in [2.05, 4.69) is 0 Å². The van der Waals surface area contributed by atoms with Crippen molar-refractivity contribution in [3.63, 3.8) is 0 Å². The molecule has 1 saturated carbocycles. The van der Waals surface area contributed by atoms with Crippen LogP contribution in [0.4, 0.5) is 5.69 Å². The zero-order valence-electron chi connectivity index (χ0n) is 17.3. The lowest BCUT2D eigenvalue weighted by Crippen LogP contribution is -2.35. The number of rotatable bonds is 6. The summed E-state index contributed by atoms with van der Waals surface area (Å²) in [7, 11) is -6.74. The molecule has 0 atom stereocenters. The second-order valence-electron chi connectivity index (χ2n) is 8.57. The average molecular weight is 455 g/mol. The Hall–Kier alpha value is -1.45. The fourth-order valence-electron chi connectivity index (χ4n) is 4.83. The molecular formula is C21H30N2O5S2. The van der Waals surface area contributed by atoms with Gasteiger partial charge in [-0.2, -0.15) is 4.31 Å². The lowest BCUT2D eigenvalue weighted by molar-refractivity contribution is -0.118. The van der Waals surface area contributed by atoms with E-state index in [9.17, 15) is 21.6 Å². The third-order valence-corrected chi connectivity index (χ3v) is 10.8. The highest BCUT2D eigenvalue weighted by molar-refractivity contribution is 7.92. The summed E-state index contributed by atoms with van der Waals surface area (Å²) in [4.78, 5) is 14.6. The summed E-state index contributed by atoms with van der Waals surface area (Å²) in [6.07, 6.45) is 6.69. The van der Waals surface area contributed by atoms with Gasteiger partial charge in [0, 0.05) is 31.7 Å². The topological polar surface area (TPSA) is 91.8 Å². The molecule has 1 aromatic carbocycles. The summed E-state index contributed by atoms with van der Waals surface area (Å²) < 4.78 is 52.3. The second-order valence-corrected chi connectivity index (χ2v) is 12.9. The van der Waals surface area contributed by atoms with Crippen molar-refractivity contribution in [2.45, 2.75) is 67.9 Å². The van der Waals surface area contributed by atoms with E-state index < -0.39 is 19.9 Å². The predicted molar refractivity (Wildman–Crippen MR) is 116 cm³/mol. The number of fused-ring (bicyclic) bond motifs is 1. The van der Waals surface area contributed by atoms with Crippen molar-refractivity contribution in [2.24, 2.45) is 0 Å². The Morgan fingerprint density at radius 3 is 2.33 bits per heavy atom. The number of sulfonamides is 1. The molecule has 3 aliphatic rings. The van der Waals surface area contributed by atoms with Crippen LogP contribution in [0.1, 0.15) is 56.9 Å². The van der Waals surface area contributed by atoms with Crippen LogP contribution in [0.3, 0.4) is 0 Å². The van der Waals surface area contributed by atoms with Gasteiger partial charge in [-0.3, -0.25) is 4.79 Å². The van der Waals surface area contributed by atoms with E-state index >= 15 is 0 Å². The Morgan fingerprint density at radius 1 is 0.933 bits per heavy atom. The molecule has 1 saturated heterocycles. The summed E-state index contributed by atoms with van der Waals surface area (Å²) >= 11 is 0. The van der Waals surface area contributed by atoms with Gasteiger partial charge in [-0.25, -0.2) is 16.8 Å². The van der Waals surface area contributed by atoms with Crippen LogP contribution >= 0.6 is 0 Å². The van der Waals surface area contributed by atoms with E-state index in [0.29, 0.717) is 44.6 Å². The number of carbonyl (C=O) groups excluding carboxylic acids is 1. The van der Waals surface area contributed by atoms with Crippen molar-refractivity contribution in [1.29, 1.82) is 0 Å². The first-order valence-corrected chi connectivity index (χ1v) is 14.1. The quantitative estimate of drug-likeness (QED) is 0.659. The van der Waals surface area contributed by atoms with E-state index in [0.717, 1.165) is 37.7 Å². The molecule has 2 heterocycles. The molecule has 0 aromatic heterocycles. The molecule has 0 spiro atoms. The Bertz CT molecular complexity index is 1010. The first-order chi connectivity index (χ1) is 14.3. The molecule has 1 amide bonds. The lowest BCUT2D eigenvalue weighted by atomic mass is 10.2. The summed E-state index contributed by atoms with van der Waals surface area (Å²) in [6.45, 7) is 1.57. The van der Waals surface area contributed by atoms with E-state index in [1.54, 1.807) is 27.4 Å². The third-order valence-electron chi connectivity index (χ3n) is 6.61. The molecule has 0 unspecified atom stereocenters. The fourth-order valence-corrected chi connectivity index (χ4v) is 8.24. The van der Waals surface area contributed by atoms with Crippen molar-refractivity contribution in [2.75, 3.05) is 30.3 Å². The van der Waals surface area contributed by atoms with Crippen molar-refractivity contribution >= 4 is 31.5 Å². The van der Waals surface area contributed by atoms with Crippen molar-refractivity contribution in [3.05, 3.63) is 23.8 Å². The van der Waals surface area contributed by atoms with Crippen molar-refractivity contribution < 1.29 is 21.6 Å². The number of benzene rings is 1. The van der Waals surface area contributed by atoms with Crippen LogP contribution in [0.5, 0.6) is 0 Å². The van der Waals surface area contributed by atoms with E-state index in [1.165, 1.54) is 0 Å². The minimum absolute atomic E-state index is 0.0217. The highest BCUT2D eigenvalue weighted by atomic mass is 32.2. The molecule has 1 aromatic rings. The molecule has 0 bridgehead atoms. The maximum atomic E-state index is 12.9. The van der Waals surface area contributed by atoms with Crippen LogP contribution in [-0.4, -0.2) is 57.7 Å². The van der Waals surface area contributed by atoms with Gasteiger partial charge in [0.05, 0.1) is 15.9 Å². The molecule has 30 heavy (non-hydrogen) atoms. The Balaban J connectivity index is 1.45. The molecule has 4 rings (SSSR count). The number of piperidine rings is 1. The van der Waals surface area contributed by atoms with Crippen molar-refractivity contribution in [1.82, 2.24) is 4.31 Å². The highest BCUT2D eigenvalue weighted by Crippen LogP contribution is 2.32. The maximum Gasteiger partial charge on any atom is 0.243 e. The number of nitrogens with zero attached hydrogens (tertiary/aromatic N) is 2. The Labute approximate surface area is 179 Å². The van der Waals surface area contributed by atoms with Crippen LogP contribution < -0.4 is 4.90 Å². The molecule has 1 aliphatic carbocycles. The van der Waals surface area contributed by atoms with Crippen LogP contribution in [0.25, 0.3) is 0 Å². The van der Waals surface area contributed by atoms with Gasteiger partial charge < -0.3 is 4.90 Å². The minimum Gasteiger partial charge on any atom is -0.312 e. The SMILES string of the molecule is O=C(CCS(=O)(=O)C1CCCC1)N1CCc2cc(S(=O)(=O)N3CCCCC3)ccc21. The maximum absolute atomic E-state index is 12.9. The lowest BCUT2D eigenvalue weighted by Gasteiger charge is -2.26. The summed E-state index contributed by atoms with van der Waals surface area (Å²) in [5, 5.41) is -0.293. The van der Waals surface area contributed by atoms with Gasteiger partial charge in [-0.1, -0.05) is 19.3 Å². The minimum atomic E-state index is -3.51. The van der Waals surface area contributed by atoms with Gasteiger partial charge in [0.25, 0.3) is 0 Å². The highest BCUT2D eigenvalue weighted by Gasteiger charge is 2.32. The molecule has 7 nitrogen and oxygen atoms in total. The largest absolute Gasteiger partial charge is 0.312 e. The number of hydrogen-bond donors (Lipinski definition) is 0. The molecular weight excluding hydrogens is 424 g/mol. The predicted octanol–water partition coefficient (Wildman–Crippen LogP) is 2.50. The molecule has 0 N–H and O–H groups in total. The average Bonchev–Trinajstić information content (AvgIpc) is 3.43. The standard InChI is InChI=1S/C21H30N2O5S2/c24-21(11-15-29(25,26)18-6-2-3-7-18)23-14-10-17-16-19(8-9-20(17)23)30(27,28)22-12-4-1-5-13-22/h8-9,16,18H,1-7,10-15H2. The fraction of sp³-hybridized carbons (Fsp3) is 0.667. The monoisotopic (exact) mass is 454 g/mol. The number of carbonyl (C=O) groups is 1. The van der Waals surface area contributed by atoms with Gasteiger partial charge in [0.15, 0.2) is 9.84 Å².